The Hall–Kier alpha value is -2.74. The first-order valence-electron chi connectivity index (χ1n) is 7.51. The van der Waals surface area contributed by atoms with Crippen LogP contribution in [-0.4, -0.2) is 41.5 Å². The highest BCUT2D eigenvalue weighted by Crippen LogP contribution is 2.38. The highest BCUT2D eigenvalue weighted by Gasteiger charge is 2.20. The Morgan fingerprint density at radius 3 is 2.80 bits per heavy atom. The second-order valence-electron chi connectivity index (χ2n) is 5.40. The molecule has 0 radical (unpaired) electrons. The van der Waals surface area contributed by atoms with Crippen LogP contribution in [0.15, 0.2) is 18.2 Å². The van der Waals surface area contributed by atoms with Crippen molar-refractivity contribution in [2.45, 2.75) is 6.92 Å². The molecule has 0 bridgehead atoms. The van der Waals surface area contributed by atoms with Crippen LogP contribution in [0, 0.1) is 6.92 Å². The molecule has 0 saturated carbocycles. The smallest absolute Gasteiger partial charge is 0.338 e. The summed E-state index contributed by atoms with van der Waals surface area (Å²) >= 11 is 6.08. The normalized spacial score (nSPS) is 12.6. The van der Waals surface area contributed by atoms with Gasteiger partial charge in [-0.05, 0) is 19.1 Å². The molecule has 9 heteroatoms. The molecule has 1 aromatic heterocycles. The minimum Gasteiger partial charge on any atom is -0.486 e. The van der Waals surface area contributed by atoms with E-state index >= 15 is 0 Å². The largest absolute Gasteiger partial charge is 0.486 e. The van der Waals surface area contributed by atoms with E-state index in [4.69, 9.17) is 25.8 Å². The van der Waals surface area contributed by atoms with Crippen molar-refractivity contribution in [3.05, 3.63) is 34.5 Å². The molecular formula is C16H16ClN3O5. The van der Waals surface area contributed by atoms with Crippen LogP contribution >= 0.6 is 11.6 Å². The van der Waals surface area contributed by atoms with E-state index in [0.717, 1.165) is 5.69 Å². The molecule has 0 saturated heterocycles. The molecular weight excluding hydrogens is 350 g/mol. The van der Waals surface area contributed by atoms with E-state index in [1.54, 1.807) is 20.0 Å². The maximum absolute atomic E-state index is 12.1. The third kappa shape index (κ3) is 3.85. The van der Waals surface area contributed by atoms with Crippen molar-refractivity contribution in [1.82, 2.24) is 9.78 Å². The number of carbonyl (C=O) groups is 2. The van der Waals surface area contributed by atoms with E-state index in [1.165, 1.54) is 16.8 Å². The van der Waals surface area contributed by atoms with Gasteiger partial charge < -0.3 is 19.5 Å². The second-order valence-corrected chi connectivity index (χ2v) is 5.81. The number of anilines is 1. The summed E-state index contributed by atoms with van der Waals surface area (Å²) in [4.78, 5) is 24.0. The fourth-order valence-corrected chi connectivity index (χ4v) is 2.61. The van der Waals surface area contributed by atoms with Gasteiger partial charge in [0.25, 0.3) is 5.91 Å². The van der Waals surface area contributed by atoms with Gasteiger partial charge in [0.2, 0.25) is 0 Å². The standard InChI is InChI=1S/C16H16ClN3O5/c1-9-5-13(20(2)19-9)18-14(21)8-25-16(22)10-6-11(17)15-12(7-10)23-3-4-24-15/h5-7H,3-4,8H2,1-2H3,(H,18,21). The molecule has 0 atom stereocenters. The number of esters is 1. The zero-order valence-electron chi connectivity index (χ0n) is 13.7. The number of aryl methyl sites for hydroxylation is 2. The molecule has 2 heterocycles. The van der Waals surface area contributed by atoms with Gasteiger partial charge in [0.15, 0.2) is 18.1 Å². The fraction of sp³-hybridized carbons (Fsp3) is 0.312. The monoisotopic (exact) mass is 365 g/mol. The van der Waals surface area contributed by atoms with E-state index in [1.807, 2.05) is 0 Å². The Kier molecular flexibility index (Phi) is 4.80. The number of rotatable bonds is 4. The third-order valence-corrected chi connectivity index (χ3v) is 3.72. The number of nitrogens with one attached hydrogen (secondary N) is 1. The number of ether oxygens (including phenoxy) is 3. The van der Waals surface area contributed by atoms with E-state index in [-0.39, 0.29) is 10.6 Å². The summed E-state index contributed by atoms with van der Waals surface area (Å²) < 4.78 is 17.3. The minimum absolute atomic E-state index is 0.179. The van der Waals surface area contributed by atoms with Crippen LogP contribution in [0.5, 0.6) is 11.5 Å². The molecule has 132 valence electrons. The van der Waals surface area contributed by atoms with Crippen molar-refractivity contribution < 1.29 is 23.8 Å². The van der Waals surface area contributed by atoms with E-state index in [2.05, 4.69) is 10.4 Å². The maximum atomic E-state index is 12.1. The van der Waals surface area contributed by atoms with Crippen molar-refractivity contribution in [2.24, 2.45) is 7.05 Å². The van der Waals surface area contributed by atoms with Crippen LogP contribution in [0.3, 0.4) is 0 Å². The number of carbonyl (C=O) groups excluding carboxylic acids is 2. The zero-order valence-corrected chi connectivity index (χ0v) is 14.4. The SMILES string of the molecule is Cc1cc(NC(=O)COC(=O)c2cc(Cl)c3c(c2)OCCO3)n(C)n1. The zero-order chi connectivity index (χ0) is 18.0. The first-order chi connectivity index (χ1) is 11.9. The number of fused-ring (bicyclic) bond motifs is 1. The van der Waals surface area contributed by atoms with Crippen molar-refractivity contribution in [1.29, 1.82) is 0 Å². The summed E-state index contributed by atoms with van der Waals surface area (Å²) in [5, 5.41) is 6.97. The van der Waals surface area contributed by atoms with Gasteiger partial charge in [-0.2, -0.15) is 5.10 Å². The van der Waals surface area contributed by atoms with Crippen molar-refractivity contribution >= 4 is 29.3 Å². The fourth-order valence-electron chi connectivity index (χ4n) is 2.35. The number of benzene rings is 1. The second kappa shape index (κ2) is 7.02. The Morgan fingerprint density at radius 1 is 1.32 bits per heavy atom. The molecule has 1 N–H and O–H groups in total. The predicted molar refractivity (Wildman–Crippen MR) is 89.3 cm³/mol. The quantitative estimate of drug-likeness (QED) is 0.833. The average molecular weight is 366 g/mol. The summed E-state index contributed by atoms with van der Waals surface area (Å²) in [7, 11) is 1.70. The molecule has 0 aliphatic carbocycles. The number of hydrogen-bond donors (Lipinski definition) is 1. The Bertz CT molecular complexity index is 833. The predicted octanol–water partition coefficient (Wildman–Crippen LogP) is 1.95. The summed E-state index contributed by atoms with van der Waals surface area (Å²) in [6, 6.07) is 4.60. The van der Waals surface area contributed by atoms with Gasteiger partial charge in [0, 0.05) is 13.1 Å². The lowest BCUT2D eigenvalue weighted by Gasteiger charge is -2.19. The third-order valence-electron chi connectivity index (χ3n) is 3.44. The highest BCUT2D eigenvalue weighted by molar-refractivity contribution is 6.32. The number of halogens is 1. The van der Waals surface area contributed by atoms with Crippen molar-refractivity contribution in [2.75, 3.05) is 25.1 Å². The number of amides is 1. The molecule has 8 nitrogen and oxygen atoms in total. The Morgan fingerprint density at radius 2 is 2.08 bits per heavy atom. The molecule has 3 rings (SSSR count). The van der Waals surface area contributed by atoms with Crippen LogP contribution in [0.2, 0.25) is 5.02 Å². The van der Waals surface area contributed by atoms with Gasteiger partial charge in [-0.3, -0.25) is 9.48 Å². The molecule has 0 fully saturated rings. The summed E-state index contributed by atoms with van der Waals surface area (Å²) in [5.74, 6) is 0.130. The lowest BCUT2D eigenvalue weighted by molar-refractivity contribution is -0.119. The lowest BCUT2D eigenvalue weighted by atomic mass is 10.2. The lowest BCUT2D eigenvalue weighted by Crippen LogP contribution is -2.22. The number of hydrogen-bond acceptors (Lipinski definition) is 6. The number of nitrogens with zero attached hydrogens (tertiary/aromatic N) is 2. The first-order valence-corrected chi connectivity index (χ1v) is 7.88. The average Bonchev–Trinajstić information content (AvgIpc) is 2.89. The molecule has 2 aromatic rings. The molecule has 1 aromatic carbocycles. The Labute approximate surface area is 148 Å². The minimum atomic E-state index is -0.685. The molecule has 1 aliphatic heterocycles. The van der Waals surface area contributed by atoms with Crippen LogP contribution in [0.1, 0.15) is 16.1 Å². The van der Waals surface area contributed by atoms with Crippen LogP contribution < -0.4 is 14.8 Å². The highest BCUT2D eigenvalue weighted by atomic mass is 35.5. The van der Waals surface area contributed by atoms with Gasteiger partial charge in [0.05, 0.1) is 16.3 Å². The molecule has 25 heavy (non-hydrogen) atoms. The summed E-state index contributed by atoms with van der Waals surface area (Å²) in [6.45, 7) is 2.13. The van der Waals surface area contributed by atoms with Gasteiger partial charge in [0.1, 0.15) is 19.0 Å². The van der Waals surface area contributed by atoms with Crippen LogP contribution in [0.25, 0.3) is 0 Å². The van der Waals surface area contributed by atoms with Crippen LogP contribution in [-0.2, 0) is 16.6 Å². The van der Waals surface area contributed by atoms with E-state index in [9.17, 15) is 9.59 Å². The van der Waals surface area contributed by atoms with Gasteiger partial charge in [-0.1, -0.05) is 11.6 Å². The van der Waals surface area contributed by atoms with Crippen molar-refractivity contribution in [3.8, 4) is 11.5 Å². The maximum Gasteiger partial charge on any atom is 0.338 e. The first kappa shape index (κ1) is 17.1. The molecule has 0 spiro atoms. The molecule has 1 aliphatic rings. The van der Waals surface area contributed by atoms with E-state index < -0.39 is 18.5 Å². The molecule has 0 unspecified atom stereocenters. The summed E-state index contributed by atoms with van der Waals surface area (Å²) in [6.07, 6.45) is 0. The van der Waals surface area contributed by atoms with Gasteiger partial charge in [-0.25, -0.2) is 4.79 Å². The number of aromatic nitrogens is 2. The van der Waals surface area contributed by atoms with Crippen LogP contribution in [0.4, 0.5) is 5.82 Å². The molecule has 1 amide bonds. The topological polar surface area (TPSA) is 91.7 Å². The van der Waals surface area contributed by atoms with Crippen molar-refractivity contribution in [3.63, 3.8) is 0 Å². The van der Waals surface area contributed by atoms with E-state index in [0.29, 0.717) is 30.5 Å². The van der Waals surface area contributed by atoms with Gasteiger partial charge >= 0.3 is 5.97 Å². The summed E-state index contributed by atoms with van der Waals surface area (Å²) in [5.41, 5.74) is 0.944. The Balaban J connectivity index is 1.61. The van der Waals surface area contributed by atoms with Gasteiger partial charge in [-0.15, -0.1) is 0 Å².